The number of allylic oxidation sites excluding steroid dienone is 1. The summed E-state index contributed by atoms with van der Waals surface area (Å²) in [5.74, 6) is 0.788. The third kappa shape index (κ3) is 3.37. The molecule has 128 valence electrons. The van der Waals surface area contributed by atoms with Crippen LogP contribution in [0.1, 0.15) is 18.5 Å². The lowest BCUT2D eigenvalue weighted by Crippen LogP contribution is -2.49. The maximum Gasteiger partial charge on any atom is 0.254 e. The second-order valence-electron chi connectivity index (χ2n) is 5.75. The molecule has 1 aromatic rings. The van der Waals surface area contributed by atoms with Crippen LogP contribution in [0.4, 0.5) is 0 Å². The number of rotatable bonds is 3. The molecule has 2 aliphatic rings. The van der Waals surface area contributed by atoms with Gasteiger partial charge in [-0.05, 0) is 36.8 Å². The van der Waals surface area contributed by atoms with Gasteiger partial charge in [-0.3, -0.25) is 4.79 Å². The highest BCUT2D eigenvalue weighted by atomic mass is 32.1. The van der Waals surface area contributed by atoms with E-state index in [1.807, 2.05) is 36.1 Å². The molecule has 24 heavy (non-hydrogen) atoms. The van der Waals surface area contributed by atoms with Crippen molar-refractivity contribution in [3.05, 3.63) is 41.1 Å². The lowest BCUT2D eigenvalue weighted by atomic mass is 9.94. The molecule has 1 fully saturated rings. The SMILES string of the molecule is COc1ccc([C@H]2NC(=S)NC(C)=C2C(=O)N2CCOCC2)cc1. The molecule has 3 rings (SSSR count). The molecule has 1 aromatic carbocycles. The number of nitrogens with one attached hydrogen (secondary N) is 2. The summed E-state index contributed by atoms with van der Waals surface area (Å²) in [7, 11) is 1.63. The summed E-state index contributed by atoms with van der Waals surface area (Å²) in [4.78, 5) is 14.9. The number of methoxy groups -OCH3 is 1. The summed E-state index contributed by atoms with van der Waals surface area (Å²) in [6, 6.07) is 7.39. The van der Waals surface area contributed by atoms with Crippen LogP contribution in [0.2, 0.25) is 0 Å². The monoisotopic (exact) mass is 347 g/mol. The Morgan fingerprint density at radius 1 is 1.29 bits per heavy atom. The average molecular weight is 347 g/mol. The number of thiocarbonyl (C=S) groups is 1. The minimum absolute atomic E-state index is 0.0131. The van der Waals surface area contributed by atoms with E-state index in [2.05, 4.69) is 10.6 Å². The van der Waals surface area contributed by atoms with E-state index in [-0.39, 0.29) is 11.9 Å². The maximum absolute atomic E-state index is 13.0. The van der Waals surface area contributed by atoms with Gasteiger partial charge in [0.15, 0.2) is 5.11 Å². The molecule has 0 unspecified atom stereocenters. The maximum atomic E-state index is 13.0. The Morgan fingerprint density at radius 3 is 2.58 bits per heavy atom. The quantitative estimate of drug-likeness (QED) is 0.805. The number of ether oxygens (including phenoxy) is 2. The van der Waals surface area contributed by atoms with Gasteiger partial charge in [-0.1, -0.05) is 12.1 Å². The molecular formula is C17H21N3O3S. The first-order valence-corrected chi connectivity index (χ1v) is 8.30. The molecule has 0 spiro atoms. The van der Waals surface area contributed by atoms with Crippen LogP contribution in [0, 0.1) is 0 Å². The van der Waals surface area contributed by atoms with Gasteiger partial charge < -0.3 is 25.0 Å². The van der Waals surface area contributed by atoms with E-state index in [4.69, 9.17) is 21.7 Å². The van der Waals surface area contributed by atoms with Crippen LogP contribution in [0.15, 0.2) is 35.5 Å². The van der Waals surface area contributed by atoms with Crippen molar-refractivity contribution < 1.29 is 14.3 Å². The van der Waals surface area contributed by atoms with Gasteiger partial charge in [0.1, 0.15) is 5.75 Å². The molecule has 0 saturated carbocycles. The standard InChI is InChI=1S/C17H21N3O3S/c1-11-14(16(21)20-7-9-23-10-8-20)15(19-17(24)18-11)12-3-5-13(22-2)6-4-12/h3-6,15H,7-10H2,1-2H3,(H2,18,19,24)/t15-/m1/s1. The first-order chi connectivity index (χ1) is 11.6. The summed E-state index contributed by atoms with van der Waals surface area (Å²) >= 11 is 5.28. The molecule has 6 nitrogen and oxygen atoms in total. The summed E-state index contributed by atoms with van der Waals surface area (Å²) < 4.78 is 10.6. The van der Waals surface area contributed by atoms with Crippen LogP contribution in [0.3, 0.4) is 0 Å². The number of hydrogen-bond acceptors (Lipinski definition) is 4. The van der Waals surface area contributed by atoms with Gasteiger partial charge in [0, 0.05) is 18.8 Å². The highest BCUT2D eigenvalue weighted by molar-refractivity contribution is 7.80. The van der Waals surface area contributed by atoms with Crippen LogP contribution in [0.25, 0.3) is 0 Å². The molecule has 1 atom stereocenters. The smallest absolute Gasteiger partial charge is 0.254 e. The van der Waals surface area contributed by atoms with Crippen molar-refractivity contribution in [2.24, 2.45) is 0 Å². The number of carbonyl (C=O) groups is 1. The predicted molar refractivity (Wildman–Crippen MR) is 94.7 cm³/mol. The minimum atomic E-state index is -0.278. The van der Waals surface area contributed by atoms with Gasteiger partial charge in [-0.25, -0.2) is 0 Å². The molecule has 2 aliphatic heterocycles. The van der Waals surface area contributed by atoms with E-state index >= 15 is 0 Å². The van der Waals surface area contributed by atoms with E-state index in [0.29, 0.717) is 37.0 Å². The zero-order chi connectivity index (χ0) is 17.1. The molecule has 7 heteroatoms. The normalized spacial score (nSPS) is 21.2. The lowest BCUT2D eigenvalue weighted by molar-refractivity contribution is -0.131. The number of nitrogens with zero attached hydrogens (tertiary/aromatic N) is 1. The van der Waals surface area contributed by atoms with E-state index < -0.39 is 0 Å². The topological polar surface area (TPSA) is 62.8 Å². The highest BCUT2D eigenvalue weighted by Gasteiger charge is 2.33. The Kier molecular flexibility index (Phi) is 5.01. The van der Waals surface area contributed by atoms with Crippen LogP contribution < -0.4 is 15.4 Å². The molecular weight excluding hydrogens is 326 g/mol. The first kappa shape index (κ1) is 16.7. The molecule has 1 saturated heterocycles. The Labute approximate surface area is 146 Å². The van der Waals surface area contributed by atoms with E-state index in [9.17, 15) is 4.79 Å². The minimum Gasteiger partial charge on any atom is -0.497 e. The second-order valence-corrected chi connectivity index (χ2v) is 6.16. The Hall–Kier alpha value is -2.12. The van der Waals surface area contributed by atoms with E-state index in [0.717, 1.165) is 17.0 Å². The van der Waals surface area contributed by atoms with Crippen molar-refractivity contribution in [1.82, 2.24) is 15.5 Å². The molecule has 2 heterocycles. The lowest BCUT2D eigenvalue weighted by Gasteiger charge is -2.34. The fourth-order valence-corrected chi connectivity index (χ4v) is 3.23. The summed E-state index contributed by atoms with van der Waals surface area (Å²) in [5.41, 5.74) is 2.45. The number of benzene rings is 1. The van der Waals surface area contributed by atoms with E-state index in [1.54, 1.807) is 7.11 Å². The van der Waals surface area contributed by atoms with Gasteiger partial charge in [0.05, 0.1) is 31.9 Å². The Morgan fingerprint density at radius 2 is 1.96 bits per heavy atom. The van der Waals surface area contributed by atoms with E-state index in [1.165, 1.54) is 0 Å². The van der Waals surface area contributed by atoms with Crippen molar-refractivity contribution >= 4 is 23.2 Å². The predicted octanol–water partition coefficient (Wildman–Crippen LogP) is 1.35. The van der Waals surface area contributed by atoms with Crippen molar-refractivity contribution in [2.45, 2.75) is 13.0 Å². The van der Waals surface area contributed by atoms with Crippen LogP contribution >= 0.6 is 12.2 Å². The fourth-order valence-electron chi connectivity index (χ4n) is 2.96. The first-order valence-electron chi connectivity index (χ1n) is 7.89. The molecule has 0 aliphatic carbocycles. The molecule has 2 N–H and O–H groups in total. The third-order valence-electron chi connectivity index (χ3n) is 4.25. The summed E-state index contributed by atoms with van der Waals surface area (Å²) in [6.45, 7) is 4.25. The highest BCUT2D eigenvalue weighted by Crippen LogP contribution is 2.29. The zero-order valence-electron chi connectivity index (χ0n) is 13.8. The van der Waals surface area contributed by atoms with Gasteiger partial charge in [0.25, 0.3) is 5.91 Å². The summed E-state index contributed by atoms with van der Waals surface area (Å²) in [5, 5.41) is 6.80. The van der Waals surface area contributed by atoms with Crippen molar-refractivity contribution in [3.63, 3.8) is 0 Å². The van der Waals surface area contributed by atoms with Gasteiger partial charge in [0.2, 0.25) is 0 Å². The molecule has 0 aromatic heterocycles. The van der Waals surface area contributed by atoms with Gasteiger partial charge in [-0.2, -0.15) is 0 Å². The van der Waals surface area contributed by atoms with Crippen LogP contribution in [-0.4, -0.2) is 49.3 Å². The van der Waals surface area contributed by atoms with Crippen molar-refractivity contribution in [2.75, 3.05) is 33.4 Å². The number of morpholine rings is 1. The second kappa shape index (κ2) is 7.19. The van der Waals surface area contributed by atoms with Crippen molar-refractivity contribution in [1.29, 1.82) is 0 Å². The van der Waals surface area contributed by atoms with Gasteiger partial charge in [-0.15, -0.1) is 0 Å². The van der Waals surface area contributed by atoms with Crippen LogP contribution in [-0.2, 0) is 9.53 Å². The average Bonchev–Trinajstić information content (AvgIpc) is 2.61. The van der Waals surface area contributed by atoms with Crippen molar-refractivity contribution in [3.8, 4) is 5.75 Å². The number of amides is 1. The van der Waals surface area contributed by atoms with Crippen LogP contribution in [0.5, 0.6) is 5.75 Å². The molecule has 1 amide bonds. The van der Waals surface area contributed by atoms with Gasteiger partial charge >= 0.3 is 0 Å². The number of hydrogen-bond donors (Lipinski definition) is 2. The molecule has 0 radical (unpaired) electrons. The Balaban J connectivity index is 1.93. The number of carbonyl (C=O) groups excluding carboxylic acids is 1. The third-order valence-corrected chi connectivity index (χ3v) is 4.47. The summed E-state index contributed by atoms with van der Waals surface area (Å²) in [6.07, 6.45) is 0. The Bertz CT molecular complexity index is 666. The largest absolute Gasteiger partial charge is 0.497 e. The fraction of sp³-hybridized carbons (Fsp3) is 0.412. The zero-order valence-corrected chi connectivity index (χ0v) is 14.6. The molecule has 0 bridgehead atoms.